The van der Waals surface area contributed by atoms with Crippen LogP contribution in [-0.4, -0.2) is 15.3 Å². The Labute approximate surface area is 114 Å². The minimum Gasteiger partial charge on any atom is -0.320 e. The molecule has 0 fully saturated rings. The zero-order chi connectivity index (χ0) is 13.4. The van der Waals surface area contributed by atoms with Gasteiger partial charge in [-0.1, -0.05) is 17.7 Å². The summed E-state index contributed by atoms with van der Waals surface area (Å²) in [5, 5.41) is 4.83. The molecule has 0 spiro atoms. The standard InChI is InChI=1S/C14H13N3OS/c1-9-3-4-11(10(2)7-9)15-13(18)12-8-17-5-6-19-14(17)16-12/h3-8H,1-2H3,(H,15,18). The molecule has 19 heavy (non-hydrogen) atoms. The summed E-state index contributed by atoms with van der Waals surface area (Å²) in [5.74, 6) is -0.178. The monoisotopic (exact) mass is 271 g/mol. The Morgan fingerprint density at radius 2 is 2.21 bits per heavy atom. The van der Waals surface area contributed by atoms with E-state index in [0.717, 1.165) is 16.2 Å². The summed E-state index contributed by atoms with van der Waals surface area (Å²) in [4.78, 5) is 17.2. The summed E-state index contributed by atoms with van der Waals surface area (Å²) in [6.07, 6.45) is 3.63. The molecule has 3 aromatic rings. The van der Waals surface area contributed by atoms with Crippen molar-refractivity contribution >= 4 is 27.9 Å². The van der Waals surface area contributed by atoms with Crippen LogP contribution in [0.5, 0.6) is 0 Å². The second kappa shape index (κ2) is 4.51. The molecule has 0 radical (unpaired) electrons. The van der Waals surface area contributed by atoms with Gasteiger partial charge in [-0.3, -0.25) is 9.20 Å². The molecule has 2 aromatic heterocycles. The van der Waals surface area contributed by atoms with Crippen LogP contribution in [0.25, 0.3) is 4.96 Å². The topological polar surface area (TPSA) is 46.4 Å². The average molecular weight is 271 g/mol. The van der Waals surface area contributed by atoms with Gasteiger partial charge in [-0.2, -0.15) is 0 Å². The Balaban J connectivity index is 1.86. The molecule has 2 heterocycles. The first-order chi connectivity index (χ1) is 9.13. The van der Waals surface area contributed by atoms with Crippen LogP contribution in [0.2, 0.25) is 0 Å². The van der Waals surface area contributed by atoms with E-state index in [0.29, 0.717) is 5.69 Å². The number of amides is 1. The molecule has 4 nitrogen and oxygen atoms in total. The zero-order valence-electron chi connectivity index (χ0n) is 10.7. The molecule has 0 aliphatic rings. The number of benzene rings is 1. The van der Waals surface area contributed by atoms with Gasteiger partial charge >= 0.3 is 0 Å². The smallest absolute Gasteiger partial charge is 0.275 e. The van der Waals surface area contributed by atoms with Gasteiger partial charge in [-0.15, -0.1) is 11.3 Å². The number of aryl methyl sites for hydroxylation is 2. The number of rotatable bonds is 2. The highest BCUT2D eigenvalue weighted by Gasteiger charge is 2.12. The normalized spacial score (nSPS) is 10.8. The summed E-state index contributed by atoms with van der Waals surface area (Å²) in [6.45, 7) is 4.01. The number of hydrogen-bond donors (Lipinski definition) is 1. The third-order valence-corrected chi connectivity index (χ3v) is 3.73. The predicted octanol–water partition coefficient (Wildman–Crippen LogP) is 3.26. The van der Waals surface area contributed by atoms with E-state index in [1.54, 1.807) is 6.20 Å². The Hall–Kier alpha value is -2.14. The maximum absolute atomic E-state index is 12.1. The van der Waals surface area contributed by atoms with Crippen molar-refractivity contribution in [3.05, 3.63) is 52.8 Å². The Bertz CT molecular complexity index is 728. The van der Waals surface area contributed by atoms with Crippen LogP contribution in [0.1, 0.15) is 21.6 Å². The number of imidazole rings is 1. The van der Waals surface area contributed by atoms with E-state index in [9.17, 15) is 4.79 Å². The fourth-order valence-corrected chi connectivity index (χ4v) is 2.68. The van der Waals surface area contributed by atoms with Crippen molar-refractivity contribution in [1.82, 2.24) is 9.38 Å². The fourth-order valence-electron chi connectivity index (χ4n) is 1.98. The molecule has 0 saturated heterocycles. The minimum absolute atomic E-state index is 0.178. The van der Waals surface area contributed by atoms with Crippen LogP contribution in [-0.2, 0) is 0 Å². The Morgan fingerprint density at radius 1 is 1.37 bits per heavy atom. The van der Waals surface area contributed by atoms with Crippen LogP contribution in [0, 0.1) is 13.8 Å². The van der Waals surface area contributed by atoms with Gasteiger partial charge in [0.1, 0.15) is 5.69 Å². The van der Waals surface area contributed by atoms with Crippen LogP contribution >= 0.6 is 11.3 Å². The predicted molar refractivity (Wildman–Crippen MR) is 76.9 cm³/mol. The van der Waals surface area contributed by atoms with Gasteiger partial charge in [0.25, 0.3) is 5.91 Å². The zero-order valence-corrected chi connectivity index (χ0v) is 11.5. The van der Waals surface area contributed by atoms with Crippen LogP contribution in [0.4, 0.5) is 5.69 Å². The molecule has 0 aliphatic carbocycles. The molecule has 0 saturated carbocycles. The van der Waals surface area contributed by atoms with E-state index in [1.807, 2.05) is 48.0 Å². The maximum Gasteiger partial charge on any atom is 0.275 e. The van der Waals surface area contributed by atoms with E-state index in [4.69, 9.17) is 0 Å². The average Bonchev–Trinajstić information content (AvgIpc) is 2.93. The summed E-state index contributed by atoms with van der Waals surface area (Å²) in [6, 6.07) is 5.94. The largest absolute Gasteiger partial charge is 0.320 e. The second-order valence-corrected chi connectivity index (χ2v) is 5.36. The molecule has 1 N–H and O–H groups in total. The summed E-state index contributed by atoms with van der Waals surface area (Å²) < 4.78 is 1.85. The molecular weight excluding hydrogens is 258 g/mol. The molecule has 0 aliphatic heterocycles. The van der Waals surface area contributed by atoms with Crippen molar-refractivity contribution < 1.29 is 4.79 Å². The number of aromatic nitrogens is 2. The number of fused-ring (bicyclic) bond motifs is 1. The molecule has 1 aromatic carbocycles. The second-order valence-electron chi connectivity index (χ2n) is 4.49. The number of hydrogen-bond acceptors (Lipinski definition) is 3. The number of nitrogens with one attached hydrogen (secondary N) is 1. The fraction of sp³-hybridized carbons (Fsp3) is 0.143. The molecular formula is C14H13N3OS. The van der Waals surface area contributed by atoms with Gasteiger partial charge in [-0.05, 0) is 25.5 Å². The minimum atomic E-state index is -0.178. The van der Waals surface area contributed by atoms with E-state index in [2.05, 4.69) is 10.3 Å². The molecule has 3 rings (SSSR count). The molecule has 0 bridgehead atoms. The number of thiazole rings is 1. The van der Waals surface area contributed by atoms with Crippen LogP contribution < -0.4 is 5.32 Å². The number of carbonyl (C=O) groups excluding carboxylic acids is 1. The van der Waals surface area contributed by atoms with E-state index in [1.165, 1.54) is 16.9 Å². The number of anilines is 1. The van der Waals surface area contributed by atoms with Crippen molar-refractivity contribution in [3.63, 3.8) is 0 Å². The number of carbonyl (C=O) groups is 1. The summed E-state index contributed by atoms with van der Waals surface area (Å²) >= 11 is 1.51. The van der Waals surface area contributed by atoms with Gasteiger partial charge in [0.2, 0.25) is 0 Å². The SMILES string of the molecule is Cc1ccc(NC(=O)c2cn3ccsc3n2)c(C)c1. The summed E-state index contributed by atoms with van der Waals surface area (Å²) in [7, 11) is 0. The molecule has 1 amide bonds. The molecule has 0 unspecified atom stereocenters. The van der Waals surface area contributed by atoms with E-state index < -0.39 is 0 Å². The summed E-state index contributed by atoms with van der Waals surface area (Å²) in [5.41, 5.74) is 3.49. The number of nitrogens with zero attached hydrogens (tertiary/aromatic N) is 2. The van der Waals surface area contributed by atoms with Crippen LogP contribution in [0.3, 0.4) is 0 Å². The van der Waals surface area contributed by atoms with Gasteiger partial charge < -0.3 is 5.32 Å². The first-order valence-electron chi connectivity index (χ1n) is 5.94. The molecule has 0 atom stereocenters. The van der Waals surface area contributed by atoms with Crippen molar-refractivity contribution in [2.24, 2.45) is 0 Å². The van der Waals surface area contributed by atoms with E-state index in [-0.39, 0.29) is 5.91 Å². The van der Waals surface area contributed by atoms with Crippen molar-refractivity contribution in [2.75, 3.05) is 5.32 Å². The highest BCUT2D eigenvalue weighted by Crippen LogP contribution is 2.18. The van der Waals surface area contributed by atoms with Gasteiger partial charge in [0, 0.05) is 23.5 Å². The first kappa shape index (κ1) is 11.9. The first-order valence-corrected chi connectivity index (χ1v) is 6.82. The third kappa shape index (κ3) is 2.24. The van der Waals surface area contributed by atoms with Gasteiger partial charge in [-0.25, -0.2) is 4.98 Å². The lowest BCUT2D eigenvalue weighted by Crippen LogP contribution is -2.13. The highest BCUT2D eigenvalue weighted by atomic mass is 32.1. The Kier molecular flexibility index (Phi) is 2.83. The Morgan fingerprint density at radius 3 is 2.95 bits per heavy atom. The van der Waals surface area contributed by atoms with Crippen molar-refractivity contribution in [2.45, 2.75) is 13.8 Å². The van der Waals surface area contributed by atoms with E-state index >= 15 is 0 Å². The van der Waals surface area contributed by atoms with Crippen molar-refractivity contribution in [3.8, 4) is 0 Å². The highest BCUT2D eigenvalue weighted by molar-refractivity contribution is 7.15. The lowest BCUT2D eigenvalue weighted by molar-refractivity contribution is 0.102. The lowest BCUT2D eigenvalue weighted by Gasteiger charge is -2.07. The quantitative estimate of drug-likeness (QED) is 0.777. The van der Waals surface area contributed by atoms with Crippen LogP contribution in [0.15, 0.2) is 36.0 Å². The molecule has 5 heteroatoms. The van der Waals surface area contributed by atoms with Gasteiger partial charge in [0.15, 0.2) is 4.96 Å². The lowest BCUT2D eigenvalue weighted by atomic mass is 10.1. The molecule has 96 valence electrons. The van der Waals surface area contributed by atoms with Crippen molar-refractivity contribution in [1.29, 1.82) is 0 Å². The third-order valence-electron chi connectivity index (χ3n) is 2.96. The van der Waals surface area contributed by atoms with Gasteiger partial charge in [0.05, 0.1) is 0 Å². The maximum atomic E-state index is 12.1.